The maximum Gasteiger partial charge on any atom is 0.224 e. The van der Waals surface area contributed by atoms with Crippen molar-refractivity contribution in [3.63, 3.8) is 0 Å². The maximum atomic E-state index is 12.7. The zero-order valence-corrected chi connectivity index (χ0v) is 16.2. The molecule has 4 nitrogen and oxygen atoms in total. The molecule has 4 unspecified atom stereocenters. The monoisotopic (exact) mass is 366 g/mol. The molecule has 2 aromatic rings. The molecule has 4 heteroatoms. The lowest BCUT2D eigenvalue weighted by molar-refractivity contribution is -0.126. The maximum absolute atomic E-state index is 12.7. The number of carbonyl (C=O) groups excluding carboxylic acids is 1. The van der Waals surface area contributed by atoms with E-state index in [1.807, 2.05) is 37.3 Å². The standard InChI is InChI=1S/C23H30N2O2/c1-16-10-12-19(13-11-16)22-20(9-6-14-27-22)15-25-23(26)17(2)21(24)18-7-4-3-5-8-18/h3-5,7-8,10-13,17,20-22H,6,9,14-15,24H2,1-2H3,(H,25,26). The summed E-state index contributed by atoms with van der Waals surface area (Å²) in [7, 11) is 0. The first-order chi connectivity index (χ1) is 13.1. The van der Waals surface area contributed by atoms with Crippen LogP contribution >= 0.6 is 0 Å². The highest BCUT2D eigenvalue weighted by Gasteiger charge is 2.29. The molecule has 0 aromatic heterocycles. The van der Waals surface area contributed by atoms with Gasteiger partial charge in [0.15, 0.2) is 0 Å². The van der Waals surface area contributed by atoms with Gasteiger partial charge in [-0.25, -0.2) is 0 Å². The van der Waals surface area contributed by atoms with Crippen molar-refractivity contribution >= 4 is 5.91 Å². The van der Waals surface area contributed by atoms with Gasteiger partial charge in [-0.3, -0.25) is 4.79 Å². The zero-order chi connectivity index (χ0) is 19.2. The summed E-state index contributed by atoms with van der Waals surface area (Å²) >= 11 is 0. The molecule has 0 spiro atoms. The highest BCUT2D eigenvalue weighted by Crippen LogP contribution is 2.33. The van der Waals surface area contributed by atoms with Crippen LogP contribution in [0.1, 0.15) is 48.6 Å². The summed E-state index contributed by atoms with van der Waals surface area (Å²) in [6.07, 6.45) is 2.12. The van der Waals surface area contributed by atoms with Gasteiger partial charge in [0.2, 0.25) is 5.91 Å². The number of benzene rings is 2. The molecule has 1 heterocycles. The number of hydrogen-bond donors (Lipinski definition) is 2. The average molecular weight is 367 g/mol. The third-order valence-corrected chi connectivity index (χ3v) is 5.53. The van der Waals surface area contributed by atoms with Gasteiger partial charge in [-0.1, -0.05) is 67.1 Å². The number of rotatable bonds is 6. The van der Waals surface area contributed by atoms with Crippen molar-refractivity contribution in [2.45, 2.75) is 38.8 Å². The smallest absolute Gasteiger partial charge is 0.224 e. The van der Waals surface area contributed by atoms with Gasteiger partial charge in [0.25, 0.3) is 0 Å². The van der Waals surface area contributed by atoms with Gasteiger partial charge < -0.3 is 15.8 Å². The van der Waals surface area contributed by atoms with Gasteiger partial charge in [0, 0.05) is 25.1 Å². The summed E-state index contributed by atoms with van der Waals surface area (Å²) in [5.41, 5.74) is 9.71. The Morgan fingerprint density at radius 1 is 1.19 bits per heavy atom. The van der Waals surface area contributed by atoms with Gasteiger partial charge in [0.05, 0.1) is 12.0 Å². The van der Waals surface area contributed by atoms with Crippen molar-refractivity contribution < 1.29 is 9.53 Å². The Labute approximate surface area is 162 Å². The Morgan fingerprint density at radius 3 is 2.59 bits per heavy atom. The molecule has 1 amide bonds. The number of aryl methyl sites for hydroxylation is 1. The van der Waals surface area contributed by atoms with Crippen LogP contribution < -0.4 is 11.1 Å². The molecule has 0 aliphatic carbocycles. The Morgan fingerprint density at radius 2 is 1.89 bits per heavy atom. The number of amides is 1. The molecule has 1 saturated heterocycles. The van der Waals surface area contributed by atoms with Crippen molar-refractivity contribution in [1.29, 1.82) is 0 Å². The lowest BCUT2D eigenvalue weighted by atomic mass is 9.88. The number of nitrogens with one attached hydrogen (secondary N) is 1. The molecule has 144 valence electrons. The molecule has 0 radical (unpaired) electrons. The summed E-state index contributed by atoms with van der Waals surface area (Å²) in [6, 6.07) is 18.0. The summed E-state index contributed by atoms with van der Waals surface area (Å²) in [6.45, 7) is 5.36. The summed E-state index contributed by atoms with van der Waals surface area (Å²) < 4.78 is 6.05. The third-order valence-electron chi connectivity index (χ3n) is 5.53. The molecule has 1 aliphatic heterocycles. The van der Waals surface area contributed by atoms with E-state index in [1.165, 1.54) is 11.1 Å². The van der Waals surface area contributed by atoms with E-state index in [2.05, 4.69) is 36.5 Å². The molecule has 2 aromatic carbocycles. The largest absolute Gasteiger partial charge is 0.373 e. The van der Waals surface area contributed by atoms with Crippen molar-refractivity contribution in [2.24, 2.45) is 17.6 Å². The summed E-state index contributed by atoms with van der Waals surface area (Å²) in [5.74, 6) is -0.000118. The Kier molecular flexibility index (Phi) is 6.64. The minimum Gasteiger partial charge on any atom is -0.373 e. The van der Waals surface area contributed by atoms with E-state index in [9.17, 15) is 4.79 Å². The van der Waals surface area contributed by atoms with Crippen LogP contribution in [0.5, 0.6) is 0 Å². The quantitative estimate of drug-likeness (QED) is 0.814. The van der Waals surface area contributed by atoms with E-state index in [0.29, 0.717) is 6.54 Å². The van der Waals surface area contributed by atoms with Gasteiger partial charge in [-0.05, 0) is 30.9 Å². The van der Waals surface area contributed by atoms with Crippen LogP contribution in [0.15, 0.2) is 54.6 Å². The first-order valence-electron chi connectivity index (χ1n) is 9.82. The molecule has 1 aliphatic rings. The molecule has 0 saturated carbocycles. The molecule has 3 rings (SSSR count). The number of ether oxygens (including phenoxy) is 1. The van der Waals surface area contributed by atoms with E-state index >= 15 is 0 Å². The molecule has 4 atom stereocenters. The van der Waals surface area contributed by atoms with E-state index in [1.54, 1.807) is 0 Å². The molecular formula is C23H30N2O2. The SMILES string of the molecule is Cc1ccc(C2OCCCC2CNC(=O)C(C)C(N)c2ccccc2)cc1. The normalized spacial score (nSPS) is 22.0. The molecular weight excluding hydrogens is 336 g/mol. The minimum atomic E-state index is -0.304. The fourth-order valence-electron chi connectivity index (χ4n) is 3.70. The Bertz CT molecular complexity index is 730. The van der Waals surface area contributed by atoms with Gasteiger partial charge in [-0.2, -0.15) is 0 Å². The topological polar surface area (TPSA) is 64.3 Å². The molecule has 27 heavy (non-hydrogen) atoms. The van der Waals surface area contributed by atoms with E-state index < -0.39 is 0 Å². The van der Waals surface area contributed by atoms with Crippen molar-refractivity contribution in [2.75, 3.05) is 13.2 Å². The highest BCUT2D eigenvalue weighted by atomic mass is 16.5. The first kappa shape index (κ1) is 19.6. The van der Waals surface area contributed by atoms with Gasteiger partial charge in [-0.15, -0.1) is 0 Å². The van der Waals surface area contributed by atoms with E-state index in [0.717, 1.165) is 25.0 Å². The van der Waals surface area contributed by atoms with Crippen LogP contribution in [0.4, 0.5) is 0 Å². The van der Waals surface area contributed by atoms with Crippen LogP contribution in [0.3, 0.4) is 0 Å². The van der Waals surface area contributed by atoms with Crippen molar-refractivity contribution in [1.82, 2.24) is 5.32 Å². The highest BCUT2D eigenvalue weighted by molar-refractivity contribution is 5.79. The second-order valence-electron chi connectivity index (χ2n) is 7.57. The fourth-order valence-corrected chi connectivity index (χ4v) is 3.70. The van der Waals surface area contributed by atoms with E-state index in [4.69, 9.17) is 10.5 Å². The second kappa shape index (κ2) is 9.16. The summed E-state index contributed by atoms with van der Waals surface area (Å²) in [4.78, 5) is 12.7. The van der Waals surface area contributed by atoms with E-state index in [-0.39, 0.29) is 29.9 Å². The lowest BCUT2D eigenvalue weighted by Gasteiger charge is -2.33. The number of hydrogen-bond acceptors (Lipinski definition) is 3. The van der Waals surface area contributed by atoms with Crippen molar-refractivity contribution in [3.05, 3.63) is 71.3 Å². The minimum absolute atomic E-state index is 0.000386. The number of carbonyl (C=O) groups is 1. The first-order valence-corrected chi connectivity index (χ1v) is 9.82. The Hall–Kier alpha value is -2.17. The second-order valence-corrected chi connectivity index (χ2v) is 7.57. The number of nitrogens with two attached hydrogens (primary N) is 1. The zero-order valence-electron chi connectivity index (χ0n) is 16.2. The van der Waals surface area contributed by atoms with Crippen LogP contribution in [0.2, 0.25) is 0 Å². The van der Waals surface area contributed by atoms with Crippen LogP contribution in [-0.4, -0.2) is 19.1 Å². The van der Waals surface area contributed by atoms with Gasteiger partial charge >= 0.3 is 0 Å². The Balaban J connectivity index is 1.60. The van der Waals surface area contributed by atoms with Crippen molar-refractivity contribution in [3.8, 4) is 0 Å². The predicted molar refractivity (Wildman–Crippen MR) is 108 cm³/mol. The summed E-state index contributed by atoms with van der Waals surface area (Å²) in [5, 5.41) is 3.11. The molecule has 0 bridgehead atoms. The van der Waals surface area contributed by atoms with Gasteiger partial charge in [0.1, 0.15) is 0 Å². The lowest BCUT2D eigenvalue weighted by Crippen LogP contribution is -2.40. The third kappa shape index (κ3) is 4.96. The van der Waals surface area contributed by atoms with Crippen LogP contribution in [0.25, 0.3) is 0 Å². The van der Waals surface area contributed by atoms with Crippen LogP contribution in [-0.2, 0) is 9.53 Å². The van der Waals surface area contributed by atoms with Crippen LogP contribution in [0, 0.1) is 18.8 Å². The molecule has 3 N–H and O–H groups in total. The average Bonchev–Trinajstić information content (AvgIpc) is 2.72. The fraction of sp³-hybridized carbons (Fsp3) is 0.435. The molecule has 1 fully saturated rings. The predicted octanol–water partition coefficient (Wildman–Crippen LogP) is 3.92.